The zero-order chi connectivity index (χ0) is 16.1. The van der Waals surface area contributed by atoms with Crippen molar-refractivity contribution in [2.75, 3.05) is 6.54 Å². The molecular formula is C16H15BrFN3O2. The van der Waals surface area contributed by atoms with Gasteiger partial charge < -0.3 is 9.40 Å². The Bertz CT molecular complexity index is 952. The van der Waals surface area contributed by atoms with Crippen LogP contribution in [-0.2, 0) is 6.54 Å². The third-order valence-electron chi connectivity index (χ3n) is 4.34. The molecule has 1 fully saturated rings. The Morgan fingerprint density at radius 2 is 2.35 bits per heavy atom. The number of benzene rings is 1. The van der Waals surface area contributed by atoms with E-state index in [1.54, 1.807) is 6.07 Å². The minimum Gasteiger partial charge on any atom is -0.449 e. The van der Waals surface area contributed by atoms with E-state index in [4.69, 9.17) is 4.42 Å². The van der Waals surface area contributed by atoms with E-state index < -0.39 is 6.17 Å². The molecule has 23 heavy (non-hydrogen) atoms. The van der Waals surface area contributed by atoms with Gasteiger partial charge >= 0.3 is 0 Å². The molecule has 0 radical (unpaired) electrons. The SMILES string of the molecule is C[C@H]1C[C@H](F)CN1Cc1nc2c(oc3ccc(Br)cc32)c(=O)[nH]1. The molecule has 0 saturated carbocycles. The van der Waals surface area contributed by atoms with Crippen molar-refractivity contribution in [2.24, 2.45) is 0 Å². The summed E-state index contributed by atoms with van der Waals surface area (Å²) in [6, 6.07) is 5.68. The number of likely N-dealkylation sites (tertiary alicyclic amines) is 1. The number of nitrogens with one attached hydrogen (secondary N) is 1. The Kier molecular flexibility index (Phi) is 3.50. The lowest BCUT2D eigenvalue weighted by atomic mass is 10.2. The van der Waals surface area contributed by atoms with Crippen LogP contribution in [0.3, 0.4) is 0 Å². The standard InChI is InChI=1S/C16H15BrFN3O2/c1-8-4-10(18)6-21(8)7-13-19-14-11-5-9(17)2-3-12(11)23-15(14)16(22)20-13/h2-3,5,8,10H,4,6-7H2,1H3,(H,19,20,22)/t8-,10-/m0/s1. The smallest absolute Gasteiger partial charge is 0.294 e. The van der Waals surface area contributed by atoms with Crippen molar-refractivity contribution in [1.82, 2.24) is 14.9 Å². The summed E-state index contributed by atoms with van der Waals surface area (Å²) in [5, 5.41) is 0.791. The van der Waals surface area contributed by atoms with E-state index in [0.717, 1.165) is 9.86 Å². The van der Waals surface area contributed by atoms with Crippen molar-refractivity contribution < 1.29 is 8.81 Å². The lowest BCUT2D eigenvalue weighted by Crippen LogP contribution is -2.28. The summed E-state index contributed by atoms with van der Waals surface area (Å²) in [7, 11) is 0. The van der Waals surface area contributed by atoms with E-state index in [1.165, 1.54) is 0 Å². The van der Waals surface area contributed by atoms with Crippen LogP contribution >= 0.6 is 15.9 Å². The molecule has 0 aliphatic carbocycles. The summed E-state index contributed by atoms with van der Waals surface area (Å²) in [6.07, 6.45) is -0.292. The first-order valence-corrected chi connectivity index (χ1v) is 8.29. The monoisotopic (exact) mass is 379 g/mol. The maximum atomic E-state index is 13.5. The fraction of sp³-hybridized carbons (Fsp3) is 0.375. The second-order valence-corrected chi connectivity index (χ2v) is 6.96. The minimum absolute atomic E-state index is 0.140. The number of furan rings is 1. The van der Waals surface area contributed by atoms with Gasteiger partial charge in [0.05, 0.1) is 6.54 Å². The van der Waals surface area contributed by atoms with E-state index >= 15 is 0 Å². The van der Waals surface area contributed by atoms with Gasteiger partial charge in [-0.05, 0) is 31.5 Å². The topological polar surface area (TPSA) is 62.1 Å². The van der Waals surface area contributed by atoms with Crippen LogP contribution in [0.4, 0.5) is 4.39 Å². The van der Waals surface area contributed by atoms with Crippen molar-refractivity contribution in [3.8, 4) is 0 Å². The summed E-state index contributed by atoms with van der Waals surface area (Å²) in [5.41, 5.74) is 1.08. The first kappa shape index (κ1) is 14.8. The predicted octanol–water partition coefficient (Wildman–Crippen LogP) is 3.36. The third-order valence-corrected chi connectivity index (χ3v) is 4.83. The van der Waals surface area contributed by atoms with Gasteiger partial charge in [-0.25, -0.2) is 9.37 Å². The molecule has 1 aliphatic heterocycles. The van der Waals surface area contributed by atoms with E-state index in [1.807, 2.05) is 24.0 Å². The largest absolute Gasteiger partial charge is 0.449 e. The molecule has 2 aromatic heterocycles. The van der Waals surface area contributed by atoms with Crippen molar-refractivity contribution in [3.63, 3.8) is 0 Å². The third kappa shape index (κ3) is 2.57. The zero-order valence-electron chi connectivity index (χ0n) is 12.5. The first-order valence-electron chi connectivity index (χ1n) is 7.50. The number of hydrogen-bond acceptors (Lipinski definition) is 4. The average Bonchev–Trinajstić information content (AvgIpc) is 3.00. The second kappa shape index (κ2) is 5.42. The van der Waals surface area contributed by atoms with Gasteiger partial charge in [0.25, 0.3) is 5.56 Å². The number of halogens is 2. The molecule has 4 rings (SSSR count). The number of nitrogens with zero attached hydrogens (tertiary/aromatic N) is 2. The van der Waals surface area contributed by atoms with Crippen molar-refractivity contribution in [1.29, 1.82) is 0 Å². The Morgan fingerprint density at radius 1 is 1.52 bits per heavy atom. The van der Waals surface area contributed by atoms with E-state index in [2.05, 4.69) is 25.9 Å². The number of aromatic amines is 1. The number of fused-ring (bicyclic) bond motifs is 3. The highest BCUT2D eigenvalue weighted by Gasteiger charge is 2.29. The molecule has 7 heteroatoms. The van der Waals surface area contributed by atoms with Crippen LogP contribution in [-0.4, -0.2) is 33.6 Å². The Hall–Kier alpha value is -1.73. The summed E-state index contributed by atoms with van der Waals surface area (Å²) < 4.78 is 20.0. The van der Waals surface area contributed by atoms with Crippen molar-refractivity contribution in [3.05, 3.63) is 38.9 Å². The zero-order valence-corrected chi connectivity index (χ0v) is 14.1. The van der Waals surface area contributed by atoms with E-state index in [-0.39, 0.29) is 17.2 Å². The normalized spacial score (nSPS) is 22.4. The number of hydrogen-bond donors (Lipinski definition) is 1. The van der Waals surface area contributed by atoms with Gasteiger partial charge in [-0.2, -0.15) is 0 Å². The number of alkyl halides is 1. The molecule has 1 aliphatic rings. The molecule has 2 atom stereocenters. The average molecular weight is 380 g/mol. The highest BCUT2D eigenvalue weighted by Crippen LogP contribution is 2.28. The maximum Gasteiger partial charge on any atom is 0.294 e. The van der Waals surface area contributed by atoms with Gasteiger partial charge in [-0.3, -0.25) is 9.69 Å². The van der Waals surface area contributed by atoms with Crippen LogP contribution < -0.4 is 5.56 Å². The molecular weight excluding hydrogens is 365 g/mol. The fourth-order valence-electron chi connectivity index (χ4n) is 3.19. The Balaban J connectivity index is 1.81. The van der Waals surface area contributed by atoms with Crippen LogP contribution in [0.1, 0.15) is 19.2 Å². The number of rotatable bonds is 2. The van der Waals surface area contributed by atoms with Gasteiger partial charge in [0, 0.05) is 22.4 Å². The lowest BCUT2D eigenvalue weighted by molar-refractivity contribution is 0.240. The van der Waals surface area contributed by atoms with Gasteiger partial charge in [-0.1, -0.05) is 15.9 Å². The molecule has 1 aromatic carbocycles. The van der Waals surface area contributed by atoms with Gasteiger partial charge in [0.2, 0.25) is 5.58 Å². The van der Waals surface area contributed by atoms with Crippen molar-refractivity contribution >= 4 is 38.0 Å². The highest BCUT2D eigenvalue weighted by molar-refractivity contribution is 9.10. The summed E-state index contributed by atoms with van der Waals surface area (Å²) in [5.74, 6) is 0.533. The summed E-state index contributed by atoms with van der Waals surface area (Å²) >= 11 is 3.42. The molecule has 0 spiro atoms. The lowest BCUT2D eigenvalue weighted by Gasteiger charge is -2.19. The molecule has 0 amide bonds. The van der Waals surface area contributed by atoms with E-state index in [0.29, 0.717) is 36.4 Å². The summed E-state index contributed by atoms with van der Waals surface area (Å²) in [6.45, 7) is 2.79. The molecule has 0 bridgehead atoms. The molecule has 3 aromatic rings. The van der Waals surface area contributed by atoms with Crippen molar-refractivity contribution in [2.45, 2.75) is 32.1 Å². The quantitative estimate of drug-likeness (QED) is 0.741. The minimum atomic E-state index is -0.814. The number of aromatic nitrogens is 2. The Morgan fingerprint density at radius 3 is 3.09 bits per heavy atom. The van der Waals surface area contributed by atoms with Crippen LogP contribution in [0.5, 0.6) is 0 Å². The van der Waals surface area contributed by atoms with Crippen LogP contribution in [0.2, 0.25) is 0 Å². The molecule has 1 saturated heterocycles. The van der Waals surface area contributed by atoms with Crippen LogP contribution in [0, 0.1) is 0 Å². The maximum absolute atomic E-state index is 13.5. The molecule has 0 unspecified atom stereocenters. The van der Waals surface area contributed by atoms with Crippen LogP contribution in [0.25, 0.3) is 22.1 Å². The van der Waals surface area contributed by atoms with Gasteiger partial charge in [-0.15, -0.1) is 0 Å². The fourth-order valence-corrected chi connectivity index (χ4v) is 3.55. The molecule has 1 N–H and O–H groups in total. The van der Waals surface area contributed by atoms with Gasteiger partial charge in [0.1, 0.15) is 23.1 Å². The van der Waals surface area contributed by atoms with Gasteiger partial charge in [0.15, 0.2) is 0 Å². The van der Waals surface area contributed by atoms with E-state index in [9.17, 15) is 9.18 Å². The second-order valence-electron chi connectivity index (χ2n) is 6.04. The first-order chi connectivity index (χ1) is 11.0. The predicted molar refractivity (Wildman–Crippen MR) is 89.2 cm³/mol. The van der Waals surface area contributed by atoms with Crippen LogP contribution in [0.15, 0.2) is 31.9 Å². The molecule has 120 valence electrons. The molecule has 3 heterocycles. The number of H-pyrrole nitrogens is 1. The summed E-state index contributed by atoms with van der Waals surface area (Å²) in [4.78, 5) is 21.6. The Labute approximate surface area is 139 Å². The highest BCUT2D eigenvalue weighted by atomic mass is 79.9. The molecule has 5 nitrogen and oxygen atoms in total.